The van der Waals surface area contributed by atoms with E-state index in [1.165, 1.54) is 0 Å². The van der Waals surface area contributed by atoms with Crippen LogP contribution in [0.25, 0.3) is 0 Å². The van der Waals surface area contributed by atoms with Crippen molar-refractivity contribution in [3.8, 4) is 0 Å². The lowest BCUT2D eigenvalue weighted by atomic mass is 9.87. The Morgan fingerprint density at radius 3 is 2.59 bits per heavy atom. The molecule has 1 atom stereocenters. The summed E-state index contributed by atoms with van der Waals surface area (Å²) in [4.78, 5) is 2.40. The monoisotopic (exact) mass is 253 g/mol. The first-order chi connectivity index (χ1) is 8.14. The van der Waals surface area contributed by atoms with Crippen molar-refractivity contribution in [2.75, 3.05) is 19.6 Å². The molecule has 3 heteroatoms. The minimum atomic E-state index is -0.672. The second-order valence-electron chi connectivity index (χ2n) is 4.83. The van der Waals surface area contributed by atoms with Gasteiger partial charge >= 0.3 is 0 Å². The average molecular weight is 254 g/mol. The molecule has 0 spiro atoms. The summed E-state index contributed by atoms with van der Waals surface area (Å²) in [5.41, 5.74) is 0.328. The van der Waals surface area contributed by atoms with Crippen LogP contribution in [0.15, 0.2) is 24.3 Å². The number of likely N-dealkylation sites (tertiary alicyclic amines) is 1. The topological polar surface area (TPSA) is 23.5 Å². The molecule has 1 aromatic carbocycles. The Morgan fingerprint density at radius 1 is 1.24 bits per heavy atom. The van der Waals surface area contributed by atoms with E-state index in [9.17, 15) is 5.11 Å². The molecule has 0 aliphatic carbocycles. The number of benzene rings is 1. The molecule has 1 N–H and O–H groups in total. The minimum absolute atomic E-state index is 0.672. The molecule has 0 radical (unpaired) electrons. The maximum Gasteiger partial charge on any atom is 0.0909 e. The van der Waals surface area contributed by atoms with Gasteiger partial charge in [0.15, 0.2) is 0 Å². The van der Waals surface area contributed by atoms with E-state index in [4.69, 9.17) is 11.6 Å². The summed E-state index contributed by atoms with van der Waals surface area (Å²) in [6, 6.07) is 7.61. The van der Waals surface area contributed by atoms with Gasteiger partial charge in [-0.2, -0.15) is 0 Å². The average Bonchev–Trinajstić information content (AvgIpc) is 2.53. The van der Waals surface area contributed by atoms with E-state index < -0.39 is 5.60 Å². The van der Waals surface area contributed by atoms with Crippen molar-refractivity contribution in [2.24, 2.45) is 0 Å². The van der Waals surface area contributed by atoms with Crippen molar-refractivity contribution in [1.82, 2.24) is 4.90 Å². The third-order valence-corrected chi connectivity index (χ3v) is 3.99. The Labute approximate surface area is 108 Å². The standard InChI is InChI=1S/C14H20ClNO/c1-2-16-10-3-8-14(17,9-11-16)12-4-6-13(15)7-5-12/h4-7,17H,2-3,8-11H2,1H3. The van der Waals surface area contributed by atoms with Crippen molar-refractivity contribution in [3.63, 3.8) is 0 Å². The summed E-state index contributed by atoms with van der Waals surface area (Å²) in [6.07, 6.45) is 2.70. The van der Waals surface area contributed by atoms with Crippen LogP contribution in [0.5, 0.6) is 0 Å². The Balaban J connectivity index is 2.15. The molecule has 2 nitrogen and oxygen atoms in total. The number of halogens is 1. The second kappa shape index (κ2) is 5.38. The molecule has 0 bridgehead atoms. The highest BCUT2D eigenvalue weighted by Crippen LogP contribution is 2.33. The molecule has 17 heavy (non-hydrogen) atoms. The van der Waals surface area contributed by atoms with Crippen molar-refractivity contribution in [1.29, 1.82) is 0 Å². The van der Waals surface area contributed by atoms with Crippen LogP contribution < -0.4 is 0 Å². The smallest absolute Gasteiger partial charge is 0.0909 e. The Bertz CT molecular complexity index is 365. The van der Waals surface area contributed by atoms with Crippen LogP contribution in [0.4, 0.5) is 0 Å². The van der Waals surface area contributed by atoms with Gasteiger partial charge in [0, 0.05) is 11.6 Å². The first-order valence-corrected chi connectivity index (χ1v) is 6.72. The van der Waals surface area contributed by atoms with Crippen LogP contribution in [0.2, 0.25) is 5.02 Å². The highest BCUT2D eigenvalue weighted by Gasteiger charge is 2.31. The first kappa shape index (κ1) is 12.9. The summed E-state index contributed by atoms with van der Waals surface area (Å²) in [5.74, 6) is 0. The zero-order valence-corrected chi connectivity index (χ0v) is 11.1. The summed E-state index contributed by atoms with van der Waals surface area (Å²) < 4.78 is 0. The zero-order valence-electron chi connectivity index (χ0n) is 10.3. The van der Waals surface area contributed by atoms with Gasteiger partial charge in [-0.1, -0.05) is 30.7 Å². The molecule has 1 saturated heterocycles. The Kier molecular flexibility index (Phi) is 4.08. The molecular weight excluding hydrogens is 234 g/mol. The molecule has 94 valence electrons. The quantitative estimate of drug-likeness (QED) is 0.876. The summed E-state index contributed by atoms with van der Waals surface area (Å²) >= 11 is 5.88. The third-order valence-electron chi connectivity index (χ3n) is 3.74. The van der Waals surface area contributed by atoms with Crippen LogP contribution in [0.1, 0.15) is 31.7 Å². The largest absolute Gasteiger partial charge is 0.385 e. The number of hydrogen-bond acceptors (Lipinski definition) is 2. The number of rotatable bonds is 2. The second-order valence-corrected chi connectivity index (χ2v) is 5.26. The molecule has 1 aliphatic rings. The molecule has 0 amide bonds. The number of nitrogens with zero attached hydrogens (tertiary/aromatic N) is 1. The summed E-state index contributed by atoms with van der Waals surface area (Å²) in [7, 11) is 0. The highest BCUT2D eigenvalue weighted by atomic mass is 35.5. The molecule has 1 fully saturated rings. The van der Waals surface area contributed by atoms with Crippen molar-refractivity contribution in [2.45, 2.75) is 31.8 Å². The van der Waals surface area contributed by atoms with Crippen LogP contribution in [-0.2, 0) is 5.60 Å². The Hall–Kier alpha value is -0.570. The van der Waals surface area contributed by atoms with Gasteiger partial charge in [0.25, 0.3) is 0 Å². The van der Waals surface area contributed by atoms with Crippen LogP contribution >= 0.6 is 11.6 Å². The van der Waals surface area contributed by atoms with E-state index in [2.05, 4.69) is 11.8 Å². The van der Waals surface area contributed by atoms with Crippen LogP contribution in [-0.4, -0.2) is 29.6 Å². The van der Waals surface area contributed by atoms with Gasteiger partial charge < -0.3 is 10.0 Å². The van der Waals surface area contributed by atoms with Gasteiger partial charge in [0.05, 0.1) is 5.60 Å². The van der Waals surface area contributed by atoms with E-state index >= 15 is 0 Å². The fourth-order valence-electron chi connectivity index (χ4n) is 2.54. The molecule has 2 rings (SSSR count). The van der Waals surface area contributed by atoms with Gasteiger partial charge in [0.2, 0.25) is 0 Å². The summed E-state index contributed by atoms with van der Waals surface area (Å²) in [6.45, 7) is 5.30. The van der Waals surface area contributed by atoms with E-state index in [-0.39, 0.29) is 0 Å². The lowest BCUT2D eigenvalue weighted by Crippen LogP contribution is -2.29. The van der Waals surface area contributed by atoms with E-state index in [1.54, 1.807) is 0 Å². The van der Waals surface area contributed by atoms with Crippen LogP contribution in [0, 0.1) is 0 Å². The van der Waals surface area contributed by atoms with Gasteiger partial charge in [0.1, 0.15) is 0 Å². The van der Waals surface area contributed by atoms with E-state index in [1.807, 2.05) is 24.3 Å². The van der Waals surface area contributed by atoms with Crippen molar-refractivity contribution in [3.05, 3.63) is 34.9 Å². The Morgan fingerprint density at radius 2 is 1.94 bits per heavy atom. The minimum Gasteiger partial charge on any atom is -0.385 e. The van der Waals surface area contributed by atoms with Gasteiger partial charge in [-0.3, -0.25) is 0 Å². The molecule has 1 aliphatic heterocycles. The molecule has 1 unspecified atom stereocenters. The highest BCUT2D eigenvalue weighted by molar-refractivity contribution is 6.30. The summed E-state index contributed by atoms with van der Waals surface area (Å²) in [5, 5.41) is 11.5. The number of aliphatic hydroxyl groups is 1. The van der Waals surface area contributed by atoms with Crippen molar-refractivity contribution >= 4 is 11.6 Å². The van der Waals surface area contributed by atoms with E-state index in [0.717, 1.165) is 49.5 Å². The predicted molar refractivity (Wildman–Crippen MR) is 71.3 cm³/mol. The molecule has 1 aromatic rings. The lowest BCUT2D eigenvalue weighted by molar-refractivity contribution is 0.0214. The lowest BCUT2D eigenvalue weighted by Gasteiger charge is -2.27. The molecular formula is C14H20ClNO. The first-order valence-electron chi connectivity index (χ1n) is 6.35. The normalized spacial score (nSPS) is 26.8. The SMILES string of the molecule is CCN1CCCC(O)(c2ccc(Cl)cc2)CC1. The number of hydrogen-bond donors (Lipinski definition) is 1. The van der Waals surface area contributed by atoms with E-state index in [0.29, 0.717) is 0 Å². The fraction of sp³-hybridized carbons (Fsp3) is 0.571. The van der Waals surface area contributed by atoms with Gasteiger partial charge in [-0.15, -0.1) is 0 Å². The maximum atomic E-state index is 10.8. The van der Waals surface area contributed by atoms with Crippen LogP contribution in [0.3, 0.4) is 0 Å². The van der Waals surface area contributed by atoms with Gasteiger partial charge in [-0.05, 0) is 50.0 Å². The third kappa shape index (κ3) is 3.01. The predicted octanol–water partition coefficient (Wildman–Crippen LogP) is 3.03. The molecule has 0 saturated carbocycles. The zero-order chi connectivity index (χ0) is 12.3. The van der Waals surface area contributed by atoms with Gasteiger partial charge in [-0.25, -0.2) is 0 Å². The molecule has 1 heterocycles. The van der Waals surface area contributed by atoms with Crippen molar-refractivity contribution < 1.29 is 5.11 Å². The maximum absolute atomic E-state index is 10.8. The fourth-order valence-corrected chi connectivity index (χ4v) is 2.67. The molecule has 0 aromatic heterocycles.